The summed E-state index contributed by atoms with van der Waals surface area (Å²) in [6.45, 7) is 0.709. The normalized spacial score (nSPS) is 19.9. The third-order valence-electron chi connectivity index (χ3n) is 3.44. The van der Waals surface area contributed by atoms with Crippen molar-refractivity contribution in [3.63, 3.8) is 0 Å². The highest BCUT2D eigenvalue weighted by Crippen LogP contribution is 2.40. The fraction of sp³-hybridized carbons (Fsp3) is 0.286. The largest absolute Gasteiger partial charge is 0.493 e. The van der Waals surface area contributed by atoms with Gasteiger partial charge in [0, 0.05) is 5.92 Å². The van der Waals surface area contributed by atoms with Gasteiger partial charge in [0.1, 0.15) is 11.5 Å². The number of furan rings is 1. The van der Waals surface area contributed by atoms with Gasteiger partial charge in [0.25, 0.3) is 0 Å². The van der Waals surface area contributed by atoms with Crippen LogP contribution in [0.5, 0.6) is 5.75 Å². The van der Waals surface area contributed by atoms with E-state index in [0.717, 1.165) is 17.9 Å². The third kappa shape index (κ3) is 1.89. The highest BCUT2D eigenvalue weighted by Gasteiger charge is 2.30. The minimum Gasteiger partial charge on any atom is -0.493 e. The van der Waals surface area contributed by atoms with Crippen LogP contribution < -0.4 is 16.0 Å². The summed E-state index contributed by atoms with van der Waals surface area (Å²) in [6, 6.07) is 11.9. The Morgan fingerprint density at radius 3 is 2.89 bits per heavy atom. The molecule has 0 saturated carbocycles. The molecule has 0 amide bonds. The maximum atomic E-state index is 5.70. The number of nitrogens with one attached hydrogen (secondary N) is 1. The molecule has 2 atom stereocenters. The van der Waals surface area contributed by atoms with Crippen LogP contribution in [0, 0.1) is 0 Å². The zero-order valence-electron chi connectivity index (χ0n) is 10.0. The molecule has 3 N–H and O–H groups in total. The van der Waals surface area contributed by atoms with Crippen LogP contribution >= 0.6 is 0 Å². The molecule has 0 radical (unpaired) electrons. The van der Waals surface area contributed by atoms with Crippen molar-refractivity contribution < 1.29 is 9.15 Å². The zero-order valence-corrected chi connectivity index (χ0v) is 10.0. The monoisotopic (exact) mass is 244 g/mol. The van der Waals surface area contributed by atoms with E-state index < -0.39 is 0 Å². The maximum Gasteiger partial charge on any atom is 0.122 e. The van der Waals surface area contributed by atoms with Crippen LogP contribution in [0.4, 0.5) is 0 Å². The summed E-state index contributed by atoms with van der Waals surface area (Å²) in [5.74, 6) is 7.78. The number of fused-ring (bicyclic) bond motifs is 1. The molecule has 94 valence electrons. The molecule has 4 heteroatoms. The Labute approximate surface area is 106 Å². The average Bonchev–Trinajstić information content (AvgIpc) is 2.94. The summed E-state index contributed by atoms with van der Waals surface area (Å²) in [7, 11) is 0. The number of hydrogen-bond donors (Lipinski definition) is 2. The van der Waals surface area contributed by atoms with Gasteiger partial charge in [-0.15, -0.1) is 0 Å². The number of ether oxygens (including phenoxy) is 1. The quantitative estimate of drug-likeness (QED) is 0.642. The first-order chi connectivity index (χ1) is 8.90. The predicted octanol–water partition coefficient (Wildman–Crippen LogP) is 2.35. The van der Waals surface area contributed by atoms with Gasteiger partial charge < -0.3 is 9.15 Å². The van der Waals surface area contributed by atoms with Crippen LogP contribution in [0.15, 0.2) is 47.1 Å². The lowest BCUT2D eigenvalue weighted by atomic mass is 9.86. The van der Waals surface area contributed by atoms with Crippen molar-refractivity contribution in [1.29, 1.82) is 0 Å². The van der Waals surface area contributed by atoms with Crippen LogP contribution in [0.25, 0.3) is 0 Å². The third-order valence-corrected chi connectivity index (χ3v) is 3.44. The van der Waals surface area contributed by atoms with Crippen molar-refractivity contribution >= 4 is 0 Å². The van der Waals surface area contributed by atoms with E-state index in [2.05, 4.69) is 11.5 Å². The highest BCUT2D eigenvalue weighted by atomic mass is 16.5. The van der Waals surface area contributed by atoms with Crippen LogP contribution in [-0.2, 0) is 0 Å². The van der Waals surface area contributed by atoms with Crippen molar-refractivity contribution in [1.82, 2.24) is 5.43 Å². The number of rotatable bonds is 3. The molecule has 3 rings (SSSR count). The molecule has 0 fully saturated rings. The Bertz CT molecular complexity index is 510. The fourth-order valence-electron chi connectivity index (χ4n) is 2.58. The van der Waals surface area contributed by atoms with Crippen molar-refractivity contribution in [2.75, 3.05) is 6.61 Å². The van der Waals surface area contributed by atoms with Gasteiger partial charge in [0.05, 0.1) is 18.9 Å². The standard InChI is InChI=1S/C14H16N2O2/c15-16-14(13-6-3-8-17-13)11-7-9-18-12-5-2-1-4-10(11)12/h1-6,8,11,14,16H,7,9,15H2. The Balaban J connectivity index is 1.97. The summed E-state index contributed by atoms with van der Waals surface area (Å²) in [4.78, 5) is 0. The van der Waals surface area contributed by atoms with Crippen LogP contribution in [-0.4, -0.2) is 6.61 Å². The Hall–Kier alpha value is -1.78. The van der Waals surface area contributed by atoms with Crippen molar-refractivity contribution in [3.05, 3.63) is 54.0 Å². The van der Waals surface area contributed by atoms with Crippen molar-refractivity contribution in [2.45, 2.75) is 18.4 Å². The lowest BCUT2D eigenvalue weighted by molar-refractivity contribution is 0.236. The molecule has 18 heavy (non-hydrogen) atoms. The molecule has 1 aliphatic heterocycles. The van der Waals surface area contributed by atoms with Gasteiger partial charge in [-0.3, -0.25) is 5.84 Å². The minimum absolute atomic E-state index is 0.0231. The Kier molecular flexibility index (Phi) is 3.04. The van der Waals surface area contributed by atoms with E-state index in [1.807, 2.05) is 30.3 Å². The van der Waals surface area contributed by atoms with Gasteiger partial charge in [-0.05, 0) is 30.2 Å². The molecule has 4 nitrogen and oxygen atoms in total. The minimum atomic E-state index is -0.0231. The first-order valence-corrected chi connectivity index (χ1v) is 6.11. The second-order valence-corrected chi connectivity index (χ2v) is 4.44. The smallest absolute Gasteiger partial charge is 0.122 e. The summed E-state index contributed by atoms with van der Waals surface area (Å²) in [5, 5.41) is 0. The number of benzene rings is 1. The van der Waals surface area contributed by atoms with E-state index in [1.165, 1.54) is 5.56 Å². The van der Waals surface area contributed by atoms with Crippen molar-refractivity contribution in [3.8, 4) is 5.75 Å². The van der Waals surface area contributed by atoms with Crippen LogP contribution in [0.2, 0.25) is 0 Å². The molecule has 0 aliphatic carbocycles. The van der Waals surface area contributed by atoms with Crippen LogP contribution in [0.3, 0.4) is 0 Å². The summed E-state index contributed by atoms with van der Waals surface area (Å²) < 4.78 is 11.1. The van der Waals surface area contributed by atoms with E-state index in [4.69, 9.17) is 15.0 Å². The van der Waals surface area contributed by atoms with Crippen LogP contribution in [0.1, 0.15) is 29.7 Å². The average molecular weight is 244 g/mol. The maximum absolute atomic E-state index is 5.70. The number of hydrogen-bond acceptors (Lipinski definition) is 4. The van der Waals surface area contributed by atoms with Gasteiger partial charge in [-0.1, -0.05) is 18.2 Å². The van der Waals surface area contributed by atoms with Gasteiger partial charge >= 0.3 is 0 Å². The topological polar surface area (TPSA) is 60.4 Å². The molecule has 1 aliphatic rings. The molecule has 1 aromatic heterocycles. The molecule has 0 saturated heterocycles. The van der Waals surface area contributed by atoms with E-state index in [9.17, 15) is 0 Å². The molecule has 0 spiro atoms. The van der Waals surface area contributed by atoms with Crippen molar-refractivity contribution in [2.24, 2.45) is 5.84 Å². The van der Waals surface area contributed by atoms with E-state index >= 15 is 0 Å². The summed E-state index contributed by atoms with van der Waals surface area (Å²) in [5.41, 5.74) is 4.05. The van der Waals surface area contributed by atoms with E-state index in [0.29, 0.717) is 6.61 Å². The molecular formula is C14H16N2O2. The molecule has 2 aromatic rings. The van der Waals surface area contributed by atoms with Gasteiger partial charge in [-0.2, -0.15) is 0 Å². The zero-order chi connectivity index (χ0) is 12.4. The number of para-hydroxylation sites is 1. The molecule has 1 aromatic carbocycles. The lowest BCUT2D eigenvalue weighted by Crippen LogP contribution is -2.34. The summed E-state index contributed by atoms with van der Waals surface area (Å²) in [6.07, 6.45) is 2.59. The molecule has 2 unspecified atom stereocenters. The highest BCUT2D eigenvalue weighted by molar-refractivity contribution is 5.39. The molecule has 2 heterocycles. The second-order valence-electron chi connectivity index (χ2n) is 4.44. The van der Waals surface area contributed by atoms with Gasteiger partial charge in [0.2, 0.25) is 0 Å². The van der Waals surface area contributed by atoms with Gasteiger partial charge in [-0.25, -0.2) is 5.43 Å². The first kappa shape index (κ1) is 11.3. The molecular weight excluding hydrogens is 228 g/mol. The second kappa shape index (κ2) is 4.84. The van der Waals surface area contributed by atoms with Gasteiger partial charge in [0.15, 0.2) is 0 Å². The predicted molar refractivity (Wildman–Crippen MR) is 68.1 cm³/mol. The number of hydrazine groups is 1. The lowest BCUT2D eigenvalue weighted by Gasteiger charge is -2.30. The Morgan fingerprint density at radius 2 is 2.11 bits per heavy atom. The number of nitrogens with two attached hydrogens (primary N) is 1. The van der Waals surface area contributed by atoms with E-state index in [1.54, 1.807) is 6.26 Å². The summed E-state index contributed by atoms with van der Waals surface area (Å²) >= 11 is 0. The SMILES string of the molecule is NNC(c1ccco1)C1CCOc2ccccc21. The first-order valence-electron chi connectivity index (χ1n) is 6.11. The fourth-order valence-corrected chi connectivity index (χ4v) is 2.58. The molecule has 0 bridgehead atoms. The van der Waals surface area contributed by atoms with E-state index in [-0.39, 0.29) is 12.0 Å². The Morgan fingerprint density at radius 1 is 1.22 bits per heavy atom.